The van der Waals surface area contributed by atoms with E-state index in [1.807, 2.05) is 30.3 Å². The molecule has 1 aromatic carbocycles. The zero-order valence-electron chi connectivity index (χ0n) is 5.50. The Labute approximate surface area is 50.3 Å². The third kappa shape index (κ3) is 0.997. The van der Waals surface area contributed by atoms with Crippen LogP contribution in [0.25, 0.3) is 0 Å². The zero-order valence-corrected chi connectivity index (χ0v) is 4.50. The van der Waals surface area contributed by atoms with Crippen molar-refractivity contribution in [2.45, 2.75) is 0 Å². The van der Waals surface area contributed by atoms with E-state index in [-0.39, 0.29) is 7.09 Å². The minimum Gasteiger partial charge on any atom is -0.497 e. The summed E-state index contributed by atoms with van der Waals surface area (Å²) in [7, 11) is -0.00991. The lowest BCUT2D eigenvalue weighted by molar-refractivity contribution is 0.415. The molecule has 1 rings (SSSR count). The first-order valence-electron chi connectivity index (χ1n) is 3.11. The lowest BCUT2D eigenvalue weighted by atomic mass is 10.3. The molecule has 0 aromatic heterocycles. The molecular weight excluding hydrogens is 100 g/mol. The molecular formula is C7H8O. The number of methoxy groups -OCH3 is 1. The Morgan fingerprint density at radius 3 is 2.75 bits per heavy atom. The Morgan fingerprint density at radius 2 is 2.12 bits per heavy atom. The van der Waals surface area contributed by atoms with Crippen LogP contribution >= 0.6 is 0 Å². The summed E-state index contributed by atoms with van der Waals surface area (Å²) in [6, 6.07) is 9.33. The Morgan fingerprint density at radius 1 is 1.38 bits per heavy atom. The van der Waals surface area contributed by atoms with E-state index in [9.17, 15) is 0 Å². The van der Waals surface area contributed by atoms with Gasteiger partial charge in [0.2, 0.25) is 0 Å². The van der Waals surface area contributed by atoms with Crippen molar-refractivity contribution < 1.29 is 6.11 Å². The van der Waals surface area contributed by atoms with Crippen LogP contribution in [0.5, 0.6) is 5.75 Å². The van der Waals surface area contributed by atoms with Gasteiger partial charge in [-0.25, -0.2) is 0 Å². The van der Waals surface area contributed by atoms with E-state index in [1.165, 1.54) is 0 Å². The molecule has 42 valence electrons. The van der Waals surface area contributed by atoms with Crippen LogP contribution in [-0.2, 0) is 0 Å². The lowest BCUT2D eigenvalue weighted by Gasteiger charge is -1.93. The van der Waals surface area contributed by atoms with Crippen molar-refractivity contribution >= 4 is 0 Å². The van der Waals surface area contributed by atoms with E-state index in [4.69, 9.17) is 6.11 Å². The van der Waals surface area contributed by atoms with Gasteiger partial charge in [0.15, 0.2) is 0 Å². The minimum atomic E-state index is -0.00991. The molecule has 1 heteroatoms. The fourth-order valence-corrected chi connectivity index (χ4v) is 0.517. The molecule has 0 saturated carbocycles. The molecule has 0 fully saturated rings. The van der Waals surface area contributed by atoms with Crippen molar-refractivity contribution in [3.8, 4) is 5.75 Å². The summed E-state index contributed by atoms with van der Waals surface area (Å²) in [5.74, 6) is 0.757. The second kappa shape index (κ2) is 2.36. The summed E-state index contributed by atoms with van der Waals surface area (Å²) < 4.78 is 11.6. The molecule has 0 atom stereocenters. The molecule has 0 radical (unpaired) electrons. The standard InChI is InChI=1S/C7H8O/c1-8-7-5-3-2-4-6-7/h2-6H,1H3/i1D. The van der Waals surface area contributed by atoms with Crippen molar-refractivity contribution in [3.05, 3.63) is 30.3 Å². The first kappa shape index (κ1) is 3.96. The van der Waals surface area contributed by atoms with Crippen LogP contribution in [0, 0.1) is 0 Å². The molecule has 1 aromatic rings. The molecule has 0 aliphatic rings. The van der Waals surface area contributed by atoms with Crippen molar-refractivity contribution in [1.82, 2.24) is 0 Å². The smallest absolute Gasteiger partial charge is 0.118 e. The summed E-state index contributed by atoms with van der Waals surface area (Å²) in [5.41, 5.74) is 0. The molecule has 0 aliphatic heterocycles. The average Bonchev–Trinajstić information content (AvgIpc) is 1.91. The summed E-state index contributed by atoms with van der Waals surface area (Å²) in [5, 5.41) is 0. The van der Waals surface area contributed by atoms with Gasteiger partial charge < -0.3 is 4.74 Å². The Balaban J connectivity index is 2.61. The maximum Gasteiger partial charge on any atom is 0.118 e. The topological polar surface area (TPSA) is 9.23 Å². The van der Waals surface area contributed by atoms with Gasteiger partial charge in [-0.15, -0.1) is 0 Å². The highest BCUT2D eigenvalue weighted by Gasteiger charge is 1.80. The Kier molecular flexibility index (Phi) is 1.17. The molecule has 0 amide bonds. The molecule has 8 heavy (non-hydrogen) atoms. The molecule has 0 heterocycles. The number of para-hydroxylation sites is 1. The predicted molar refractivity (Wildman–Crippen MR) is 33.0 cm³/mol. The van der Waals surface area contributed by atoms with Gasteiger partial charge in [0.25, 0.3) is 0 Å². The van der Waals surface area contributed by atoms with Crippen molar-refractivity contribution in [2.24, 2.45) is 0 Å². The van der Waals surface area contributed by atoms with Gasteiger partial charge in [-0.1, -0.05) is 18.2 Å². The number of rotatable bonds is 1. The van der Waals surface area contributed by atoms with E-state index in [0.717, 1.165) is 5.75 Å². The van der Waals surface area contributed by atoms with E-state index in [2.05, 4.69) is 0 Å². The fraction of sp³-hybridized carbons (Fsp3) is 0.143. The second-order valence-corrected chi connectivity index (χ2v) is 1.46. The average molecular weight is 109 g/mol. The van der Waals surface area contributed by atoms with Crippen LogP contribution in [0.2, 0.25) is 0 Å². The summed E-state index contributed by atoms with van der Waals surface area (Å²) in [6.45, 7) is 0. The highest BCUT2D eigenvalue weighted by molar-refractivity contribution is 5.20. The quantitative estimate of drug-likeness (QED) is 0.533. The van der Waals surface area contributed by atoms with Gasteiger partial charge in [-0.2, -0.15) is 0 Å². The fourth-order valence-electron chi connectivity index (χ4n) is 0.517. The Bertz CT molecular complexity index is 162. The van der Waals surface area contributed by atoms with E-state index in [1.54, 1.807) is 0 Å². The van der Waals surface area contributed by atoms with Gasteiger partial charge in [0, 0.05) is 0 Å². The summed E-state index contributed by atoms with van der Waals surface area (Å²) in [6.07, 6.45) is 0. The SMILES string of the molecule is [2H]COc1ccccc1. The molecule has 0 spiro atoms. The van der Waals surface area contributed by atoms with E-state index in [0.29, 0.717) is 0 Å². The van der Waals surface area contributed by atoms with Gasteiger partial charge in [0.05, 0.1) is 8.46 Å². The summed E-state index contributed by atoms with van der Waals surface area (Å²) in [4.78, 5) is 0. The van der Waals surface area contributed by atoms with Crippen LogP contribution in [0.15, 0.2) is 30.3 Å². The Hall–Kier alpha value is -0.980. The first-order valence-corrected chi connectivity index (χ1v) is 2.40. The number of hydrogen-bond donors (Lipinski definition) is 0. The molecule has 0 aliphatic carbocycles. The maximum atomic E-state index is 6.72. The molecule has 0 unspecified atom stereocenters. The summed E-state index contributed by atoms with van der Waals surface area (Å²) >= 11 is 0. The zero-order chi connectivity index (χ0) is 6.53. The van der Waals surface area contributed by atoms with Gasteiger partial charge in [0.1, 0.15) is 5.75 Å². The van der Waals surface area contributed by atoms with Crippen LogP contribution in [-0.4, -0.2) is 7.09 Å². The van der Waals surface area contributed by atoms with E-state index < -0.39 is 0 Å². The molecule has 0 bridgehead atoms. The predicted octanol–water partition coefficient (Wildman–Crippen LogP) is 1.70. The third-order valence-corrected chi connectivity index (χ3v) is 0.910. The normalized spacial score (nSPS) is 10.2. The number of ether oxygens (including phenoxy) is 1. The van der Waals surface area contributed by atoms with Crippen LogP contribution < -0.4 is 4.74 Å². The van der Waals surface area contributed by atoms with E-state index >= 15 is 0 Å². The molecule has 0 saturated heterocycles. The first-order chi connectivity index (χ1) is 4.43. The molecule has 0 N–H and O–H groups in total. The molecule has 1 nitrogen and oxygen atoms in total. The lowest BCUT2D eigenvalue weighted by Crippen LogP contribution is -1.78. The maximum absolute atomic E-state index is 6.72. The number of benzene rings is 1. The monoisotopic (exact) mass is 109 g/mol. The number of hydrogen-bond acceptors (Lipinski definition) is 1. The largest absolute Gasteiger partial charge is 0.497 e. The van der Waals surface area contributed by atoms with Gasteiger partial charge in [-0.3, -0.25) is 0 Å². The van der Waals surface area contributed by atoms with Crippen LogP contribution in [0.4, 0.5) is 0 Å². The van der Waals surface area contributed by atoms with Gasteiger partial charge >= 0.3 is 0 Å². The van der Waals surface area contributed by atoms with Crippen molar-refractivity contribution in [1.29, 1.82) is 0 Å². The highest BCUT2D eigenvalue weighted by Crippen LogP contribution is 2.05. The van der Waals surface area contributed by atoms with Crippen LogP contribution in [0.1, 0.15) is 1.37 Å². The van der Waals surface area contributed by atoms with Crippen molar-refractivity contribution in [2.75, 3.05) is 7.09 Å². The third-order valence-electron chi connectivity index (χ3n) is 0.910. The second-order valence-electron chi connectivity index (χ2n) is 1.46. The van der Waals surface area contributed by atoms with Crippen molar-refractivity contribution in [3.63, 3.8) is 0 Å². The van der Waals surface area contributed by atoms with Gasteiger partial charge in [-0.05, 0) is 12.1 Å². The minimum absolute atomic E-state index is 0.00991. The van der Waals surface area contributed by atoms with Crippen LogP contribution in [0.3, 0.4) is 0 Å². The highest BCUT2D eigenvalue weighted by atomic mass is 16.5.